The van der Waals surface area contributed by atoms with Crippen molar-refractivity contribution in [3.8, 4) is 0 Å². The SMILES string of the molecule is COC(=O)c1ccc(N2CCN(C)CC2)c(NC(=O)c2cccc3ccccc23)c1. The van der Waals surface area contributed by atoms with Crippen molar-refractivity contribution in [1.82, 2.24) is 4.90 Å². The van der Waals surface area contributed by atoms with Gasteiger partial charge in [0.25, 0.3) is 5.91 Å². The quantitative estimate of drug-likeness (QED) is 0.674. The van der Waals surface area contributed by atoms with Crippen LogP contribution in [-0.2, 0) is 4.74 Å². The Balaban J connectivity index is 1.70. The van der Waals surface area contributed by atoms with E-state index in [0.29, 0.717) is 16.8 Å². The number of nitrogens with one attached hydrogen (secondary N) is 1. The van der Waals surface area contributed by atoms with Gasteiger partial charge in [-0.05, 0) is 42.1 Å². The number of ether oxygens (including phenoxy) is 1. The molecular formula is C24H25N3O3. The maximum absolute atomic E-state index is 13.2. The summed E-state index contributed by atoms with van der Waals surface area (Å²) in [5.74, 6) is -0.634. The van der Waals surface area contributed by atoms with E-state index in [1.165, 1.54) is 7.11 Å². The third-order valence-electron chi connectivity index (χ3n) is 5.54. The summed E-state index contributed by atoms with van der Waals surface area (Å²) in [6.45, 7) is 3.58. The predicted molar refractivity (Wildman–Crippen MR) is 119 cm³/mol. The number of anilines is 2. The second-order valence-electron chi connectivity index (χ2n) is 7.49. The highest BCUT2D eigenvalue weighted by atomic mass is 16.5. The first-order valence-electron chi connectivity index (χ1n) is 10.0. The molecule has 6 heteroatoms. The number of methoxy groups -OCH3 is 1. The number of carbonyl (C=O) groups excluding carboxylic acids is 2. The van der Waals surface area contributed by atoms with Crippen LogP contribution in [0.15, 0.2) is 60.7 Å². The summed E-state index contributed by atoms with van der Waals surface area (Å²) in [5.41, 5.74) is 2.52. The van der Waals surface area contributed by atoms with E-state index in [9.17, 15) is 9.59 Å². The number of fused-ring (bicyclic) bond motifs is 1. The Labute approximate surface area is 176 Å². The van der Waals surface area contributed by atoms with E-state index in [4.69, 9.17) is 4.74 Å². The van der Waals surface area contributed by atoms with Gasteiger partial charge in [-0.25, -0.2) is 4.79 Å². The van der Waals surface area contributed by atoms with E-state index in [1.807, 2.05) is 48.5 Å². The summed E-state index contributed by atoms with van der Waals surface area (Å²) in [6.07, 6.45) is 0. The molecule has 1 amide bonds. The molecule has 3 aromatic rings. The van der Waals surface area contributed by atoms with Crippen LogP contribution in [0.2, 0.25) is 0 Å². The Morgan fingerprint density at radius 3 is 2.43 bits per heavy atom. The fourth-order valence-electron chi connectivity index (χ4n) is 3.82. The van der Waals surface area contributed by atoms with E-state index in [0.717, 1.165) is 42.6 Å². The van der Waals surface area contributed by atoms with Crippen LogP contribution in [0.5, 0.6) is 0 Å². The van der Waals surface area contributed by atoms with Gasteiger partial charge in [-0.15, -0.1) is 0 Å². The fraction of sp³-hybridized carbons (Fsp3) is 0.250. The zero-order valence-electron chi connectivity index (χ0n) is 17.2. The second-order valence-corrected chi connectivity index (χ2v) is 7.49. The van der Waals surface area contributed by atoms with Gasteiger partial charge in [-0.2, -0.15) is 0 Å². The predicted octanol–water partition coefficient (Wildman–Crippen LogP) is 3.63. The van der Waals surface area contributed by atoms with Crippen molar-refractivity contribution in [2.75, 3.05) is 50.6 Å². The third kappa shape index (κ3) is 4.00. The minimum atomic E-state index is -0.430. The Hall–Kier alpha value is -3.38. The molecule has 1 fully saturated rings. The molecule has 0 aromatic heterocycles. The molecule has 1 heterocycles. The van der Waals surface area contributed by atoms with Crippen molar-refractivity contribution < 1.29 is 14.3 Å². The van der Waals surface area contributed by atoms with E-state index in [1.54, 1.807) is 12.1 Å². The fourth-order valence-corrected chi connectivity index (χ4v) is 3.82. The molecule has 1 N–H and O–H groups in total. The lowest BCUT2D eigenvalue weighted by molar-refractivity contribution is 0.0600. The van der Waals surface area contributed by atoms with E-state index < -0.39 is 5.97 Å². The summed E-state index contributed by atoms with van der Waals surface area (Å²) in [4.78, 5) is 29.8. The Kier molecular flexibility index (Phi) is 5.68. The molecule has 154 valence electrons. The van der Waals surface area contributed by atoms with Crippen LogP contribution in [0, 0.1) is 0 Å². The van der Waals surface area contributed by atoms with Gasteiger partial charge in [0, 0.05) is 31.7 Å². The highest BCUT2D eigenvalue weighted by Gasteiger charge is 2.20. The zero-order chi connectivity index (χ0) is 21.1. The van der Waals surface area contributed by atoms with Crippen molar-refractivity contribution in [2.24, 2.45) is 0 Å². The first kappa shape index (κ1) is 19.9. The molecule has 1 aliphatic heterocycles. The van der Waals surface area contributed by atoms with Gasteiger partial charge in [0.15, 0.2) is 0 Å². The molecule has 6 nitrogen and oxygen atoms in total. The van der Waals surface area contributed by atoms with Gasteiger partial charge in [-0.1, -0.05) is 36.4 Å². The van der Waals surface area contributed by atoms with Crippen LogP contribution in [0.1, 0.15) is 20.7 Å². The van der Waals surface area contributed by atoms with Crippen LogP contribution in [0.3, 0.4) is 0 Å². The summed E-state index contributed by atoms with van der Waals surface area (Å²) in [7, 11) is 3.45. The molecule has 4 rings (SSSR count). The number of piperazine rings is 1. The van der Waals surface area contributed by atoms with E-state index >= 15 is 0 Å². The van der Waals surface area contributed by atoms with Crippen molar-refractivity contribution >= 4 is 34.0 Å². The maximum atomic E-state index is 13.2. The average Bonchev–Trinajstić information content (AvgIpc) is 2.78. The Morgan fingerprint density at radius 2 is 1.67 bits per heavy atom. The van der Waals surface area contributed by atoms with Gasteiger partial charge < -0.3 is 19.9 Å². The van der Waals surface area contributed by atoms with Crippen molar-refractivity contribution in [3.05, 3.63) is 71.8 Å². The number of hydrogen-bond acceptors (Lipinski definition) is 5. The number of nitrogens with zero attached hydrogens (tertiary/aromatic N) is 2. The smallest absolute Gasteiger partial charge is 0.337 e. The standard InChI is InChI=1S/C24H25N3O3/c1-26-12-14-27(15-13-26)22-11-10-18(24(29)30-2)16-21(22)25-23(28)20-9-5-7-17-6-3-4-8-19(17)20/h3-11,16H,12-15H2,1-2H3,(H,25,28). The lowest BCUT2D eigenvalue weighted by Crippen LogP contribution is -2.44. The van der Waals surface area contributed by atoms with Crippen LogP contribution < -0.4 is 10.2 Å². The van der Waals surface area contributed by atoms with Gasteiger partial charge >= 0.3 is 5.97 Å². The number of esters is 1. The lowest BCUT2D eigenvalue weighted by Gasteiger charge is -2.35. The molecule has 0 unspecified atom stereocenters. The zero-order valence-corrected chi connectivity index (χ0v) is 17.2. The normalized spacial score (nSPS) is 14.5. The number of carbonyl (C=O) groups is 2. The number of hydrogen-bond donors (Lipinski definition) is 1. The monoisotopic (exact) mass is 403 g/mol. The maximum Gasteiger partial charge on any atom is 0.337 e. The van der Waals surface area contributed by atoms with Crippen LogP contribution in [0.4, 0.5) is 11.4 Å². The summed E-state index contributed by atoms with van der Waals surface area (Å²) >= 11 is 0. The first-order chi connectivity index (χ1) is 14.6. The molecule has 30 heavy (non-hydrogen) atoms. The largest absolute Gasteiger partial charge is 0.465 e. The molecule has 1 saturated heterocycles. The number of benzene rings is 3. The Bertz CT molecular complexity index is 1080. The van der Waals surface area contributed by atoms with Gasteiger partial charge in [0.05, 0.1) is 24.0 Å². The molecule has 0 radical (unpaired) electrons. The van der Waals surface area contributed by atoms with Gasteiger partial charge in [0.1, 0.15) is 0 Å². The van der Waals surface area contributed by atoms with Gasteiger partial charge in [0.2, 0.25) is 0 Å². The third-order valence-corrected chi connectivity index (χ3v) is 5.54. The molecule has 0 atom stereocenters. The minimum Gasteiger partial charge on any atom is -0.465 e. The van der Waals surface area contributed by atoms with Crippen molar-refractivity contribution in [3.63, 3.8) is 0 Å². The van der Waals surface area contributed by atoms with Crippen LogP contribution in [-0.4, -0.2) is 57.1 Å². The molecule has 0 saturated carbocycles. The summed E-state index contributed by atoms with van der Waals surface area (Å²) in [6, 6.07) is 18.8. The summed E-state index contributed by atoms with van der Waals surface area (Å²) in [5, 5.41) is 4.94. The molecule has 0 spiro atoms. The molecule has 0 bridgehead atoms. The minimum absolute atomic E-state index is 0.204. The van der Waals surface area contributed by atoms with Crippen LogP contribution >= 0.6 is 0 Å². The van der Waals surface area contributed by atoms with Crippen LogP contribution in [0.25, 0.3) is 10.8 Å². The number of amides is 1. The molecule has 0 aliphatic carbocycles. The van der Waals surface area contributed by atoms with E-state index in [-0.39, 0.29) is 5.91 Å². The molecule has 1 aliphatic rings. The summed E-state index contributed by atoms with van der Waals surface area (Å²) < 4.78 is 4.87. The van der Waals surface area contributed by atoms with Crippen molar-refractivity contribution in [1.29, 1.82) is 0 Å². The number of likely N-dealkylation sites (N-methyl/N-ethyl adjacent to an activating group) is 1. The lowest BCUT2D eigenvalue weighted by atomic mass is 10.0. The highest BCUT2D eigenvalue weighted by Crippen LogP contribution is 2.30. The average molecular weight is 403 g/mol. The molecular weight excluding hydrogens is 378 g/mol. The first-order valence-corrected chi connectivity index (χ1v) is 10.0. The topological polar surface area (TPSA) is 61.9 Å². The second kappa shape index (κ2) is 8.55. The molecule has 3 aromatic carbocycles. The highest BCUT2D eigenvalue weighted by molar-refractivity contribution is 6.14. The Morgan fingerprint density at radius 1 is 0.933 bits per heavy atom. The van der Waals surface area contributed by atoms with E-state index in [2.05, 4.69) is 22.2 Å². The van der Waals surface area contributed by atoms with Crippen molar-refractivity contribution in [2.45, 2.75) is 0 Å². The van der Waals surface area contributed by atoms with Gasteiger partial charge in [-0.3, -0.25) is 4.79 Å². The number of rotatable bonds is 4.